The number of ether oxygens (including phenoxy) is 1. The van der Waals surface area contributed by atoms with Gasteiger partial charge in [-0.2, -0.15) is 5.10 Å². The van der Waals surface area contributed by atoms with Gasteiger partial charge in [-0.25, -0.2) is 9.97 Å². The first kappa shape index (κ1) is 25.0. The number of methoxy groups -OCH3 is 1. The van der Waals surface area contributed by atoms with Gasteiger partial charge in [0.1, 0.15) is 18.0 Å². The number of pyridine rings is 1. The minimum Gasteiger partial charge on any atom is -0.496 e. The number of carboxylic acids is 1. The molecule has 6 rings (SSSR count). The number of amides is 1. The fraction of sp³-hybridized carbons (Fsp3) is 0.214. The highest BCUT2D eigenvalue weighted by Gasteiger charge is 2.30. The maximum Gasteiger partial charge on any atom is 0.311 e. The molecule has 1 aliphatic rings. The monoisotopic (exact) mass is 539 g/mol. The van der Waals surface area contributed by atoms with Crippen molar-refractivity contribution in [2.24, 2.45) is 0 Å². The summed E-state index contributed by atoms with van der Waals surface area (Å²) >= 11 is 0. The van der Waals surface area contributed by atoms with E-state index < -0.39 is 17.7 Å². The number of Topliss-reactive ketones (excluding diaryl/α,β-unsaturated/α-hetero) is 1. The lowest BCUT2D eigenvalue weighted by molar-refractivity contribution is -0.136. The number of piperazine rings is 1. The molecule has 0 radical (unpaired) electrons. The maximum absolute atomic E-state index is 13.5. The number of hydrogen-bond acceptors (Lipinski definition) is 8. The molecule has 0 spiro atoms. The van der Waals surface area contributed by atoms with Gasteiger partial charge in [0.05, 0.1) is 23.6 Å². The van der Waals surface area contributed by atoms with Crippen LogP contribution in [0.1, 0.15) is 16.2 Å². The summed E-state index contributed by atoms with van der Waals surface area (Å²) in [6.45, 7) is 1.85. The van der Waals surface area contributed by atoms with E-state index in [0.717, 1.165) is 16.6 Å². The molecule has 12 nitrogen and oxygen atoms in total. The van der Waals surface area contributed by atoms with Crippen LogP contribution in [-0.4, -0.2) is 86.1 Å². The number of nitrogens with zero attached hydrogens (tertiary/aromatic N) is 5. The average Bonchev–Trinajstić information content (AvgIpc) is 3.63. The molecule has 0 saturated carbocycles. The number of carbonyl (C=O) groups is 3. The highest BCUT2D eigenvalue weighted by Crippen LogP contribution is 2.35. The Bertz CT molecular complexity index is 1760. The molecule has 3 N–H and O–H groups in total. The summed E-state index contributed by atoms with van der Waals surface area (Å²) in [6, 6.07) is 13.4. The average molecular weight is 540 g/mol. The lowest BCUT2D eigenvalue weighted by Gasteiger charge is -2.35. The first-order chi connectivity index (χ1) is 19.4. The van der Waals surface area contributed by atoms with Gasteiger partial charge in [0, 0.05) is 49.5 Å². The van der Waals surface area contributed by atoms with Gasteiger partial charge in [0.2, 0.25) is 0 Å². The van der Waals surface area contributed by atoms with Crippen molar-refractivity contribution in [3.8, 4) is 17.1 Å². The summed E-state index contributed by atoms with van der Waals surface area (Å²) < 4.78 is 5.51. The molecule has 1 fully saturated rings. The van der Waals surface area contributed by atoms with Gasteiger partial charge < -0.3 is 24.6 Å². The second-order valence-corrected chi connectivity index (χ2v) is 9.40. The summed E-state index contributed by atoms with van der Waals surface area (Å²) in [5, 5.41) is 18.3. The standard InChI is InChI=1S/C28H25N7O5/c1-40-20-7-6-18(26-31-21(32-33-26)14-22(36)37)24-23(20)19(15-30-24)25(38)28(39)35-12-10-34(11-13-35)27-17-5-3-2-4-16(17)8-9-29-27/h2-9,15,30H,10-14H2,1H3,(H,36,37)(H,31,32,33). The molecule has 4 heterocycles. The predicted octanol–water partition coefficient (Wildman–Crippen LogP) is 2.67. The van der Waals surface area contributed by atoms with Gasteiger partial charge in [-0.05, 0) is 23.6 Å². The van der Waals surface area contributed by atoms with Crippen molar-refractivity contribution in [1.82, 2.24) is 30.0 Å². The smallest absolute Gasteiger partial charge is 0.311 e. The number of nitrogens with one attached hydrogen (secondary N) is 2. The van der Waals surface area contributed by atoms with Gasteiger partial charge in [-0.3, -0.25) is 19.5 Å². The zero-order chi connectivity index (χ0) is 27.8. The third-order valence-electron chi connectivity index (χ3n) is 7.07. The highest BCUT2D eigenvalue weighted by molar-refractivity contribution is 6.45. The zero-order valence-corrected chi connectivity index (χ0v) is 21.5. The molecule has 12 heteroatoms. The number of H-pyrrole nitrogens is 2. The van der Waals surface area contributed by atoms with Gasteiger partial charge in [0.25, 0.3) is 11.7 Å². The number of ketones is 1. The first-order valence-corrected chi connectivity index (χ1v) is 12.7. The van der Waals surface area contributed by atoms with E-state index in [1.807, 2.05) is 30.3 Å². The zero-order valence-electron chi connectivity index (χ0n) is 21.5. The molecule has 2 aromatic carbocycles. The number of aliphatic carboxylic acids is 1. The molecule has 0 atom stereocenters. The molecular weight excluding hydrogens is 514 g/mol. The third kappa shape index (κ3) is 4.38. The van der Waals surface area contributed by atoms with Gasteiger partial charge >= 0.3 is 5.97 Å². The second-order valence-electron chi connectivity index (χ2n) is 9.40. The number of aromatic nitrogens is 5. The molecular formula is C28H25N7O5. The minimum atomic E-state index is -1.05. The lowest BCUT2D eigenvalue weighted by atomic mass is 10.0. The Morgan fingerprint density at radius 2 is 1.85 bits per heavy atom. The molecule has 1 amide bonds. The first-order valence-electron chi connectivity index (χ1n) is 12.7. The normalized spacial score (nSPS) is 13.6. The Kier molecular flexibility index (Phi) is 6.34. The molecule has 0 unspecified atom stereocenters. The molecule has 40 heavy (non-hydrogen) atoms. The minimum absolute atomic E-state index is 0.127. The summed E-state index contributed by atoms with van der Waals surface area (Å²) in [7, 11) is 1.48. The Balaban J connectivity index is 1.24. The van der Waals surface area contributed by atoms with E-state index in [9.17, 15) is 14.4 Å². The SMILES string of the molecule is COc1ccc(-c2nc(CC(=O)O)n[nH]2)c2[nH]cc(C(=O)C(=O)N3CCN(c4nccc5ccccc45)CC3)c12. The molecule has 202 valence electrons. The van der Waals surface area contributed by atoms with Crippen molar-refractivity contribution in [3.05, 3.63) is 66.2 Å². The summed E-state index contributed by atoms with van der Waals surface area (Å²) in [6.07, 6.45) is 2.94. The summed E-state index contributed by atoms with van der Waals surface area (Å²) in [5.41, 5.74) is 1.25. The number of anilines is 1. The van der Waals surface area contributed by atoms with Crippen LogP contribution in [0.4, 0.5) is 5.82 Å². The molecule has 3 aromatic heterocycles. The van der Waals surface area contributed by atoms with Gasteiger partial charge in [-0.1, -0.05) is 24.3 Å². The van der Waals surface area contributed by atoms with Crippen molar-refractivity contribution in [1.29, 1.82) is 0 Å². The lowest BCUT2D eigenvalue weighted by Crippen LogP contribution is -2.50. The third-order valence-corrected chi connectivity index (χ3v) is 7.07. The van der Waals surface area contributed by atoms with E-state index in [2.05, 4.69) is 30.0 Å². The highest BCUT2D eigenvalue weighted by atomic mass is 16.5. The Labute approximate surface area is 227 Å². The number of aromatic amines is 2. The van der Waals surface area contributed by atoms with Crippen molar-refractivity contribution >= 4 is 45.2 Å². The number of hydrogen-bond donors (Lipinski definition) is 3. The van der Waals surface area contributed by atoms with E-state index in [-0.39, 0.29) is 17.8 Å². The van der Waals surface area contributed by atoms with Crippen molar-refractivity contribution < 1.29 is 24.2 Å². The topological polar surface area (TPSA) is 157 Å². The quantitative estimate of drug-likeness (QED) is 0.209. The molecule has 0 aliphatic carbocycles. The number of carbonyl (C=O) groups excluding carboxylic acids is 2. The molecule has 1 aliphatic heterocycles. The Morgan fingerprint density at radius 1 is 1.05 bits per heavy atom. The molecule has 0 bridgehead atoms. The van der Waals surface area contributed by atoms with Gasteiger partial charge in [0.15, 0.2) is 11.6 Å². The van der Waals surface area contributed by atoms with Crippen LogP contribution < -0.4 is 9.64 Å². The Morgan fingerprint density at radius 3 is 2.62 bits per heavy atom. The second kappa shape index (κ2) is 10.1. The van der Waals surface area contributed by atoms with Crippen LogP contribution in [-0.2, 0) is 16.0 Å². The predicted molar refractivity (Wildman–Crippen MR) is 146 cm³/mol. The number of fused-ring (bicyclic) bond motifs is 2. The number of rotatable bonds is 7. The van der Waals surface area contributed by atoms with Crippen LogP contribution in [0.25, 0.3) is 33.1 Å². The fourth-order valence-electron chi connectivity index (χ4n) is 5.13. The van der Waals surface area contributed by atoms with Crippen LogP contribution in [0.5, 0.6) is 5.75 Å². The fourth-order valence-corrected chi connectivity index (χ4v) is 5.13. The van der Waals surface area contributed by atoms with Crippen molar-refractivity contribution in [3.63, 3.8) is 0 Å². The molecule has 1 saturated heterocycles. The van der Waals surface area contributed by atoms with Crippen LogP contribution in [0.15, 0.2) is 54.9 Å². The number of carboxylic acid groups (broad SMARTS) is 1. The van der Waals surface area contributed by atoms with Crippen LogP contribution >= 0.6 is 0 Å². The Hall–Kier alpha value is -5.26. The summed E-state index contributed by atoms with van der Waals surface area (Å²) in [5.74, 6) is -0.565. The molecule has 5 aromatic rings. The van der Waals surface area contributed by atoms with Crippen LogP contribution in [0.2, 0.25) is 0 Å². The summed E-state index contributed by atoms with van der Waals surface area (Å²) in [4.78, 5) is 53.5. The van der Waals surface area contributed by atoms with Crippen LogP contribution in [0, 0.1) is 0 Å². The largest absolute Gasteiger partial charge is 0.496 e. The van der Waals surface area contributed by atoms with Gasteiger partial charge in [-0.15, -0.1) is 0 Å². The van der Waals surface area contributed by atoms with Crippen molar-refractivity contribution in [2.45, 2.75) is 6.42 Å². The maximum atomic E-state index is 13.5. The van der Waals surface area contributed by atoms with E-state index in [0.29, 0.717) is 54.2 Å². The van der Waals surface area contributed by atoms with Crippen molar-refractivity contribution in [2.75, 3.05) is 38.2 Å². The van der Waals surface area contributed by atoms with Crippen LogP contribution in [0.3, 0.4) is 0 Å². The van der Waals surface area contributed by atoms with E-state index >= 15 is 0 Å². The van der Waals surface area contributed by atoms with E-state index in [1.165, 1.54) is 13.3 Å². The van der Waals surface area contributed by atoms with E-state index in [4.69, 9.17) is 9.84 Å². The number of benzene rings is 2. The van der Waals surface area contributed by atoms with E-state index in [1.54, 1.807) is 23.2 Å².